The van der Waals surface area contributed by atoms with Crippen molar-refractivity contribution in [1.29, 1.82) is 0 Å². The third-order valence-corrected chi connectivity index (χ3v) is 4.41. The lowest BCUT2D eigenvalue weighted by atomic mass is 10.2. The molecule has 0 spiro atoms. The van der Waals surface area contributed by atoms with Crippen LogP contribution >= 0.6 is 0 Å². The minimum atomic E-state index is -0.259. The molecule has 1 N–H and O–H groups in total. The molecule has 6 heteroatoms. The van der Waals surface area contributed by atoms with E-state index in [9.17, 15) is 4.79 Å². The quantitative estimate of drug-likeness (QED) is 0.673. The predicted molar refractivity (Wildman–Crippen MR) is 98.4 cm³/mol. The number of aryl methyl sites for hydroxylation is 1. The summed E-state index contributed by atoms with van der Waals surface area (Å²) in [7, 11) is 0. The number of nitrogens with one attached hydrogen (secondary N) is 1. The first-order chi connectivity index (χ1) is 12.1. The molecule has 25 heavy (non-hydrogen) atoms. The highest BCUT2D eigenvalue weighted by molar-refractivity contribution is 5.80. The van der Waals surface area contributed by atoms with Crippen molar-refractivity contribution in [1.82, 2.24) is 24.6 Å². The average molecular weight is 339 g/mol. The first-order valence-electron chi connectivity index (χ1n) is 8.79. The number of imidazole rings is 1. The van der Waals surface area contributed by atoms with Crippen molar-refractivity contribution in [2.75, 3.05) is 6.54 Å². The number of aromatic nitrogens is 4. The van der Waals surface area contributed by atoms with Crippen LogP contribution in [0.3, 0.4) is 0 Å². The molecule has 132 valence electrons. The van der Waals surface area contributed by atoms with Gasteiger partial charge in [0.25, 0.3) is 0 Å². The van der Waals surface area contributed by atoms with Gasteiger partial charge in [0.1, 0.15) is 11.9 Å². The second-order valence-corrected chi connectivity index (χ2v) is 6.59. The van der Waals surface area contributed by atoms with Gasteiger partial charge in [0.15, 0.2) is 0 Å². The molecule has 0 aliphatic carbocycles. The Morgan fingerprint density at radius 1 is 1.24 bits per heavy atom. The number of nitrogens with zero attached hydrogens (tertiary/aromatic N) is 4. The predicted octanol–water partition coefficient (Wildman–Crippen LogP) is 3.12. The molecule has 1 atom stereocenters. The van der Waals surface area contributed by atoms with Gasteiger partial charge in [-0.05, 0) is 19.4 Å². The Kier molecular flexibility index (Phi) is 5.16. The van der Waals surface area contributed by atoms with E-state index in [1.807, 2.05) is 40.7 Å². The molecular formula is C19H25N5O. The molecule has 6 nitrogen and oxygen atoms in total. The highest BCUT2D eigenvalue weighted by Gasteiger charge is 2.18. The number of carbonyl (C=O) groups is 1. The summed E-state index contributed by atoms with van der Waals surface area (Å²) in [4.78, 5) is 16.8. The monoisotopic (exact) mass is 339 g/mol. The molecule has 3 rings (SSSR count). The second-order valence-electron chi connectivity index (χ2n) is 6.59. The normalized spacial score (nSPS) is 12.6. The minimum Gasteiger partial charge on any atom is -0.354 e. The van der Waals surface area contributed by atoms with Crippen molar-refractivity contribution in [2.24, 2.45) is 0 Å². The van der Waals surface area contributed by atoms with E-state index >= 15 is 0 Å². The van der Waals surface area contributed by atoms with Gasteiger partial charge >= 0.3 is 0 Å². The smallest absolute Gasteiger partial charge is 0.242 e. The van der Waals surface area contributed by atoms with E-state index in [2.05, 4.69) is 41.4 Å². The number of fused-ring (bicyclic) bond motifs is 1. The fourth-order valence-electron chi connectivity index (χ4n) is 3.02. The Hall–Kier alpha value is -2.63. The van der Waals surface area contributed by atoms with E-state index in [1.54, 1.807) is 6.20 Å². The van der Waals surface area contributed by atoms with Crippen LogP contribution in [-0.4, -0.2) is 31.8 Å². The zero-order valence-corrected chi connectivity index (χ0v) is 15.0. The Labute approximate surface area is 147 Å². The van der Waals surface area contributed by atoms with Gasteiger partial charge in [-0.15, -0.1) is 0 Å². The highest BCUT2D eigenvalue weighted by Crippen LogP contribution is 2.17. The minimum absolute atomic E-state index is 0.0187. The number of para-hydroxylation sites is 1. The van der Waals surface area contributed by atoms with Crippen LogP contribution in [0.5, 0.6) is 0 Å². The number of benzene rings is 1. The summed E-state index contributed by atoms with van der Waals surface area (Å²) in [5.41, 5.74) is 1.13. The maximum atomic E-state index is 12.4. The SMILES string of the molecule is CC(C)c1nccn1C(C)C(=O)NCCCn1ncc2ccccc21. The topological polar surface area (TPSA) is 64.7 Å². The van der Waals surface area contributed by atoms with E-state index in [-0.39, 0.29) is 11.9 Å². The molecule has 0 aliphatic rings. The fraction of sp³-hybridized carbons (Fsp3) is 0.421. The van der Waals surface area contributed by atoms with Gasteiger partial charge in [-0.3, -0.25) is 9.48 Å². The van der Waals surface area contributed by atoms with E-state index in [0.717, 1.165) is 29.7 Å². The average Bonchev–Trinajstić information content (AvgIpc) is 3.25. The first kappa shape index (κ1) is 17.2. The summed E-state index contributed by atoms with van der Waals surface area (Å²) in [6.45, 7) is 7.48. The van der Waals surface area contributed by atoms with Crippen molar-refractivity contribution >= 4 is 16.8 Å². The maximum Gasteiger partial charge on any atom is 0.242 e. The Balaban J connectivity index is 1.51. The number of amides is 1. The van der Waals surface area contributed by atoms with Crippen LogP contribution in [-0.2, 0) is 11.3 Å². The van der Waals surface area contributed by atoms with Crippen molar-refractivity contribution in [3.63, 3.8) is 0 Å². The Morgan fingerprint density at radius 3 is 2.84 bits per heavy atom. The lowest BCUT2D eigenvalue weighted by Gasteiger charge is -2.17. The molecule has 0 aliphatic heterocycles. The zero-order valence-electron chi connectivity index (χ0n) is 15.0. The molecule has 0 saturated heterocycles. The molecule has 1 unspecified atom stereocenters. The fourth-order valence-corrected chi connectivity index (χ4v) is 3.02. The largest absolute Gasteiger partial charge is 0.354 e. The van der Waals surface area contributed by atoms with Crippen LogP contribution in [0.4, 0.5) is 0 Å². The maximum absolute atomic E-state index is 12.4. The first-order valence-corrected chi connectivity index (χ1v) is 8.79. The van der Waals surface area contributed by atoms with E-state index in [0.29, 0.717) is 12.5 Å². The van der Waals surface area contributed by atoms with Gasteiger partial charge in [-0.2, -0.15) is 5.10 Å². The van der Waals surface area contributed by atoms with E-state index in [4.69, 9.17) is 0 Å². The second kappa shape index (κ2) is 7.51. The summed E-state index contributed by atoms with van der Waals surface area (Å²) in [5.74, 6) is 1.24. The van der Waals surface area contributed by atoms with Crippen LogP contribution in [0.15, 0.2) is 42.9 Å². The van der Waals surface area contributed by atoms with Gasteiger partial charge in [-0.25, -0.2) is 4.98 Å². The number of rotatable bonds is 7. The van der Waals surface area contributed by atoms with E-state index < -0.39 is 0 Å². The molecule has 1 amide bonds. The Morgan fingerprint density at radius 2 is 2.04 bits per heavy atom. The standard InChI is InChI=1S/C19H25N5O/c1-14(2)18-20-10-12-23(18)15(3)19(25)21-9-6-11-24-17-8-5-4-7-16(17)13-22-24/h4-5,7-8,10,12-15H,6,9,11H2,1-3H3,(H,21,25). The van der Waals surface area contributed by atoms with Gasteiger partial charge in [0.05, 0.1) is 11.7 Å². The molecular weight excluding hydrogens is 314 g/mol. The lowest BCUT2D eigenvalue weighted by molar-refractivity contribution is -0.123. The molecule has 3 aromatic rings. The van der Waals surface area contributed by atoms with Gasteiger partial charge in [0, 0.05) is 36.8 Å². The van der Waals surface area contributed by atoms with Crippen LogP contribution < -0.4 is 5.32 Å². The van der Waals surface area contributed by atoms with Crippen molar-refractivity contribution < 1.29 is 4.79 Å². The van der Waals surface area contributed by atoms with Crippen molar-refractivity contribution in [2.45, 2.75) is 45.7 Å². The van der Waals surface area contributed by atoms with Crippen LogP contribution in [0, 0.1) is 0 Å². The number of carbonyl (C=O) groups excluding carboxylic acids is 1. The summed E-state index contributed by atoms with van der Waals surface area (Å²) < 4.78 is 3.93. The van der Waals surface area contributed by atoms with Crippen LogP contribution in [0.2, 0.25) is 0 Å². The third-order valence-electron chi connectivity index (χ3n) is 4.41. The van der Waals surface area contributed by atoms with Gasteiger partial charge < -0.3 is 9.88 Å². The summed E-state index contributed by atoms with van der Waals surface area (Å²) in [6.07, 6.45) is 6.34. The molecule has 0 fully saturated rings. The van der Waals surface area contributed by atoms with Gasteiger partial charge in [-0.1, -0.05) is 32.0 Å². The molecule has 1 aromatic carbocycles. The number of hydrogen-bond donors (Lipinski definition) is 1. The van der Waals surface area contributed by atoms with Crippen LogP contribution in [0.1, 0.15) is 45.0 Å². The molecule has 0 saturated carbocycles. The summed E-state index contributed by atoms with van der Waals surface area (Å²) in [6, 6.07) is 7.89. The lowest BCUT2D eigenvalue weighted by Crippen LogP contribution is -2.32. The number of hydrogen-bond acceptors (Lipinski definition) is 3. The molecule has 2 aromatic heterocycles. The Bertz CT molecular complexity index is 848. The summed E-state index contributed by atoms with van der Waals surface area (Å²) in [5, 5.41) is 8.57. The third kappa shape index (κ3) is 3.73. The van der Waals surface area contributed by atoms with Gasteiger partial charge in [0.2, 0.25) is 5.91 Å². The zero-order chi connectivity index (χ0) is 17.8. The molecule has 0 bridgehead atoms. The summed E-state index contributed by atoms with van der Waals surface area (Å²) >= 11 is 0. The van der Waals surface area contributed by atoms with Crippen molar-refractivity contribution in [3.8, 4) is 0 Å². The molecule has 2 heterocycles. The van der Waals surface area contributed by atoms with Crippen molar-refractivity contribution in [3.05, 3.63) is 48.7 Å². The molecule has 0 radical (unpaired) electrons. The highest BCUT2D eigenvalue weighted by atomic mass is 16.2. The van der Waals surface area contributed by atoms with Crippen LogP contribution in [0.25, 0.3) is 10.9 Å². The van der Waals surface area contributed by atoms with E-state index in [1.165, 1.54) is 0 Å².